The average molecular weight is 402 g/mol. The van der Waals surface area contributed by atoms with Crippen LogP contribution in [0, 0.1) is 6.85 Å². The molecule has 0 saturated carbocycles. The van der Waals surface area contributed by atoms with Gasteiger partial charge in [-0.1, -0.05) is 30.3 Å². The first-order valence-electron chi connectivity index (χ1n) is 11.6. The van der Waals surface area contributed by atoms with Crippen LogP contribution in [0.1, 0.15) is 9.68 Å². The molecule has 0 unspecified atom stereocenters. The molecule has 0 aliphatic rings. The third-order valence-electron chi connectivity index (χ3n) is 6.04. The van der Waals surface area contributed by atoms with E-state index in [9.17, 15) is 0 Å². The highest BCUT2D eigenvalue weighted by Gasteiger charge is 2.17. The zero-order valence-corrected chi connectivity index (χ0v) is 16.3. The molecule has 0 bridgehead atoms. The van der Waals surface area contributed by atoms with Gasteiger partial charge in [0.25, 0.3) is 0 Å². The van der Waals surface area contributed by atoms with E-state index in [0.29, 0.717) is 11.3 Å². The predicted molar refractivity (Wildman–Crippen MR) is 126 cm³/mol. The third-order valence-corrected chi connectivity index (χ3v) is 6.04. The molecule has 0 amide bonds. The summed E-state index contributed by atoms with van der Waals surface area (Å²) in [5.41, 5.74) is 4.74. The van der Waals surface area contributed by atoms with Crippen molar-refractivity contribution in [3.63, 3.8) is 0 Å². The smallest absolute Gasteiger partial charge is 0.144 e. The fourth-order valence-electron chi connectivity index (χ4n) is 4.62. The number of para-hydroxylation sites is 2. The van der Waals surface area contributed by atoms with Crippen molar-refractivity contribution in [3.05, 3.63) is 90.6 Å². The maximum absolute atomic E-state index is 7.75. The lowest BCUT2D eigenvalue weighted by Gasteiger charge is -2.02. The Labute approximate surface area is 181 Å². The molecule has 3 nitrogen and oxygen atoms in total. The number of pyridine rings is 1. The molecule has 0 spiro atoms. The maximum Gasteiger partial charge on any atom is 0.144 e. The van der Waals surface area contributed by atoms with Crippen molar-refractivity contribution >= 4 is 54.6 Å². The van der Waals surface area contributed by atoms with E-state index in [1.54, 1.807) is 6.07 Å². The topological polar surface area (TPSA) is 39.2 Å². The number of aromatic nitrogens is 1. The number of furan rings is 2. The van der Waals surface area contributed by atoms with E-state index in [1.807, 2.05) is 36.4 Å². The van der Waals surface area contributed by atoms with E-state index in [-0.39, 0.29) is 5.56 Å². The number of fused-ring (bicyclic) bond motifs is 9. The van der Waals surface area contributed by atoms with Crippen molar-refractivity contribution in [2.45, 2.75) is 6.85 Å². The van der Waals surface area contributed by atoms with Crippen LogP contribution in [0.15, 0.2) is 93.9 Å². The van der Waals surface area contributed by atoms with E-state index < -0.39 is 6.85 Å². The number of rotatable bonds is 1. The number of hydrogen-bond acceptors (Lipinski definition) is 3. The first-order valence-corrected chi connectivity index (χ1v) is 10.1. The quantitative estimate of drug-likeness (QED) is 0.279. The van der Waals surface area contributed by atoms with Gasteiger partial charge in [-0.05, 0) is 60.9 Å². The van der Waals surface area contributed by atoms with Crippen LogP contribution in [0.2, 0.25) is 0 Å². The molecule has 4 aromatic carbocycles. The first kappa shape index (κ1) is 14.0. The van der Waals surface area contributed by atoms with E-state index in [1.165, 1.54) is 12.3 Å². The molecule has 7 aromatic rings. The lowest BCUT2D eigenvalue weighted by Crippen LogP contribution is -1.84. The Morgan fingerprint density at radius 3 is 2.13 bits per heavy atom. The van der Waals surface area contributed by atoms with Crippen LogP contribution in [0.5, 0.6) is 0 Å². The average Bonchev–Trinajstić information content (AvgIpc) is 3.42. The predicted octanol–water partition coefficient (Wildman–Crippen LogP) is 8.01. The van der Waals surface area contributed by atoms with Gasteiger partial charge in [-0.15, -0.1) is 0 Å². The Balaban J connectivity index is 1.53. The molecule has 3 heterocycles. The van der Waals surface area contributed by atoms with Gasteiger partial charge in [0.1, 0.15) is 22.3 Å². The van der Waals surface area contributed by atoms with Gasteiger partial charge < -0.3 is 8.83 Å². The number of hydrogen-bond donors (Lipinski definition) is 0. The highest BCUT2D eigenvalue weighted by molar-refractivity contribution is 6.23. The molecule has 0 atom stereocenters. The molecule has 31 heavy (non-hydrogen) atoms. The van der Waals surface area contributed by atoms with Crippen molar-refractivity contribution in [1.82, 2.24) is 4.98 Å². The number of aryl methyl sites for hydroxylation is 1. The highest BCUT2D eigenvalue weighted by Crippen LogP contribution is 2.41. The summed E-state index contributed by atoms with van der Waals surface area (Å²) in [4.78, 5) is 4.45. The number of nitrogens with zero attached hydrogens (tertiary/aromatic N) is 1. The van der Waals surface area contributed by atoms with Crippen LogP contribution in [0.3, 0.4) is 0 Å². The van der Waals surface area contributed by atoms with Gasteiger partial charge in [0.15, 0.2) is 0 Å². The van der Waals surface area contributed by atoms with Gasteiger partial charge in [-0.25, -0.2) is 0 Å². The van der Waals surface area contributed by atoms with Gasteiger partial charge in [-0.3, -0.25) is 4.98 Å². The SMILES string of the molecule is [2H]C([2H])([2H])c1ccnc(-c2cccc3c2oc2c3ccc3c2ccc2c4ccccc4oc23)c1. The molecule has 7 rings (SSSR count). The standard InChI is InChI=1S/C28H17NO2/c1-16-13-14-29-24(15-16)23-7-4-6-18-20-11-12-21-22(27(20)31-28(18)23)10-9-19-17-5-2-3-8-25(17)30-26(19)21/h2-15H,1H3/i1D3. The lowest BCUT2D eigenvalue weighted by molar-refractivity contribution is 0.669. The monoisotopic (exact) mass is 402 g/mol. The van der Waals surface area contributed by atoms with Crippen LogP contribution < -0.4 is 0 Å². The minimum atomic E-state index is -2.20. The fraction of sp³-hybridized carbons (Fsp3) is 0.0357. The second-order valence-corrected chi connectivity index (χ2v) is 7.79. The minimum Gasteiger partial charge on any atom is -0.455 e. The normalized spacial score (nSPS) is 13.9. The molecule has 0 fully saturated rings. The molecule has 0 N–H and O–H groups in total. The minimum absolute atomic E-state index is 0.253. The van der Waals surface area contributed by atoms with Crippen molar-refractivity contribution in [2.24, 2.45) is 0 Å². The molecular formula is C28H17NO2. The van der Waals surface area contributed by atoms with Crippen molar-refractivity contribution in [1.29, 1.82) is 0 Å². The largest absolute Gasteiger partial charge is 0.455 e. The van der Waals surface area contributed by atoms with Crippen LogP contribution in [-0.2, 0) is 0 Å². The summed E-state index contributed by atoms with van der Waals surface area (Å²) in [5, 5.41) is 6.07. The van der Waals surface area contributed by atoms with Crippen LogP contribution in [0.4, 0.5) is 0 Å². The van der Waals surface area contributed by atoms with Crippen LogP contribution in [0.25, 0.3) is 65.9 Å². The van der Waals surface area contributed by atoms with Crippen molar-refractivity contribution in [3.8, 4) is 11.3 Å². The third kappa shape index (κ3) is 2.26. The summed E-state index contributed by atoms with van der Waals surface area (Å²) in [6.07, 6.45) is 1.53. The zero-order valence-electron chi connectivity index (χ0n) is 19.3. The van der Waals surface area contributed by atoms with E-state index in [0.717, 1.165) is 54.6 Å². The molecular weight excluding hydrogens is 382 g/mol. The molecule has 0 radical (unpaired) electrons. The highest BCUT2D eigenvalue weighted by atomic mass is 16.3. The molecule has 3 aromatic heterocycles. The summed E-state index contributed by atoms with van der Waals surface area (Å²) in [5.74, 6) is 0. The summed E-state index contributed by atoms with van der Waals surface area (Å²) in [7, 11) is 0. The second kappa shape index (κ2) is 5.96. The summed E-state index contributed by atoms with van der Waals surface area (Å²) in [6, 6.07) is 25.4. The molecule has 0 aliphatic carbocycles. The Bertz CT molecular complexity index is 1910. The van der Waals surface area contributed by atoms with E-state index in [2.05, 4.69) is 35.3 Å². The van der Waals surface area contributed by atoms with Gasteiger partial charge >= 0.3 is 0 Å². The van der Waals surface area contributed by atoms with Crippen molar-refractivity contribution in [2.75, 3.05) is 0 Å². The lowest BCUT2D eigenvalue weighted by atomic mass is 10.0. The summed E-state index contributed by atoms with van der Waals surface area (Å²) in [6.45, 7) is -2.20. The Hall–Kier alpha value is -4.11. The van der Waals surface area contributed by atoms with Gasteiger partial charge in [0.05, 0.1) is 5.69 Å². The summed E-state index contributed by atoms with van der Waals surface area (Å²) < 4.78 is 36.0. The van der Waals surface area contributed by atoms with E-state index >= 15 is 0 Å². The second-order valence-electron chi connectivity index (χ2n) is 7.79. The van der Waals surface area contributed by atoms with Gasteiger partial charge in [-0.2, -0.15) is 0 Å². The first-order chi connectivity index (χ1) is 16.5. The molecule has 146 valence electrons. The van der Waals surface area contributed by atoms with Crippen molar-refractivity contribution < 1.29 is 12.9 Å². The molecule has 3 heteroatoms. The van der Waals surface area contributed by atoms with Crippen LogP contribution >= 0.6 is 0 Å². The molecule has 0 saturated heterocycles. The number of benzene rings is 4. The molecule has 0 aliphatic heterocycles. The maximum atomic E-state index is 7.75. The van der Waals surface area contributed by atoms with Crippen LogP contribution in [-0.4, -0.2) is 4.98 Å². The Kier molecular flexibility index (Phi) is 2.69. The zero-order chi connectivity index (χ0) is 23.0. The Morgan fingerprint density at radius 2 is 1.32 bits per heavy atom. The van der Waals surface area contributed by atoms with Gasteiger partial charge in [0.2, 0.25) is 0 Å². The van der Waals surface area contributed by atoms with Gasteiger partial charge in [0, 0.05) is 48.2 Å². The summed E-state index contributed by atoms with van der Waals surface area (Å²) >= 11 is 0. The van der Waals surface area contributed by atoms with E-state index in [4.69, 9.17) is 12.9 Å². The fourth-order valence-corrected chi connectivity index (χ4v) is 4.62. The Morgan fingerprint density at radius 1 is 0.645 bits per heavy atom.